The van der Waals surface area contributed by atoms with Crippen LogP contribution in [0.2, 0.25) is 5.02 Å². The average Bonchev–Trinajstić information content (AvgIpc) is 2.39. The van der Waals surface area contributed by atoms with Crippen LogP contribution in [0.5, 0.6) is 0 Å². The number of hydrogen-bond acceptors (Lipinski definition) is 3. The number of rotatable bonds is 7. The number of carboxylic acid groups (broad SMARTS) is 1. The molecule has 0 heterocycles. The molecule has 1 N–H and O–H groups in total. The van der Waals surface area contributed by atoms with Crippen LogP contribution < -0.4 is 0 Å². The summed E-state index contributed by atoms with van der Waals surface area (Å²) < 4.78 is 5.03. The van der Waals surface area contributed by atoms with Crippen LogP contribution in [-0.2, 0) is 19.7 Å². The normalized spacial score (nSPS) is 13.8. The maximum atomic E-state index is 12.4. The Morgan fingerprint density at radius 1 is 1.38 bits per heavy atom. The van der Waals surface area contributed by atoms with Crippen molar-refractivity contribution in [2.45, 2.75) is 39.0 Å². The van der Waals surface area contributed by atoms with Gasteiger partial charge in [-0.1, -0.05) is 37.6 Å². The molecule has 0 radical (unpaired) electrons. The molecular weight excluding hydrogens is 292 g/mol. The first-order valence-corrected chi connectivity index (χ1v) is 7.39. The average molecular weight is 313 g/mol. The van der Waals surface area contributed by atoms with E-state index in [1.54, 1.807) is 25.1 Å². The lowest BCUT2D eigenvalue weighted by molar-refractivity contribution is -0.162. The quantitative estimate of drug-likeness (QED) is 0.616. The lowest BCUT2D eigenvalue weighted by Crippen LogP contribution is -2.45. The van der Waals surface area contributed by atoms with Gasteiger partial charge in [-0.15, -0.1) is 0 Å². The van der Waals surface area contributed by atoms with E-state index in [-0.39, 0.29) is 18.9 Å². The summed E-state index contributed by atoms with van der Waals surface area (Å²) in [6.07, 6.45) is 0.775. The number of ether oxygens (including phenoxy) is 1. The molecule has 1 aromatic rings. The summed E-state index contributed by atoms with van der Waals surface area (Å²) >= 11 is 5.95. The van der Waals surface area contributed by atoms with Crippen molar-refractivity contribution in [3.63, 3.8) is 0 Å². The zero-order valence-electron chi connectivity index (χ0n) is 12.6. The molecule has 116 valence electrons. The Morgan fingerprint density at radius 2 is 2.05 bits per heavy atom. The van der Waals surface area contributed by atoms with Crippen molar-refractivity contribution in [1.29, 1.82) is 0 Å². The molecule has 1 unspecified atom stereocenters. The predicted molar refractivity (Wildman–Crippen MR) is 81.5 cm³/mol. The minimum Gasteiger partial charge on any atom is -0.480 e. The Bertz CT molecular complexity index is 513. The second kappa shape index (κ2) is 7.46. The number of carbonyl (C=O) groups is 2. The van der Waals surface area contributed by atoms with E-state index < -0.39 is 17.4 Å². The first kappa shape index (κ1) is 17.5. The largest absolute Gasteiger partial charge is 0.480 e. The van der Waals surface area contributed by atoms with Gasteiger partial charge in [0, 0.05) is 5.02 Å². The third-order valence-electron chi connectivity index (χ3n) is 3.40. The molecule has 0 bridgehead atoms. The Balaban J connectivity index is 3.36. The number of carbonyl (C=O) groups excluding carboxylic acids is 1. The summed E-state index contributed by atoms with van der Waals surface area (Å²) in [7, 11) is 0. The molecule has 0 aliphatic carbocycles. The molecular formula is C16H21ClO4. The standard InChI is InChI=1S/C16H21ClO4/c1-4-21-15(20)16(14(18)19,9-8-11(2)3)12-6-5-7-13(17)10-12/h5-7,10-11H,4,8-9H2,1-3H3,(H,18,19). The van der Waals surface area contributed by atoms with Gasteiger partial charge >= 0.3 is 11.9 Å². The van der Waals surface area contributed by atoms with Crippen LogP contribution >= 0.6 is 11.6 Å². The number of esters is 1. The minimum atomic E-state index is -1.70. The van der Waals surface area contributed by atoms with Gasteiger partial charge in [0.05, 0.1) is 6.61 Å². The molecule has 1 aromatic carbocycles. The number of hydrogen-bond donors (Lipinski definition) is 1. The Hall–Kier alpha value is -1.55. The number of halogens is 1. The van der Waals surface area contributed by atoms with Gasteiger partial charge in [-0.2, -0.15) is 0 Å². The molecule has 0 saturated carbocycles. The fourth-order valence-electron chi connectivity index (χ4n) is 2.20. The highest BCUT2D eigenvalue weighted by atomic mass is 35.5. The highest BCUT2D eigenvalue weighted by Crippen LogP contribution is 2.34. The van der Waals surface area contributed by atoms with Gasteiger partial charge in [-0.25, -0.2) is 0 Å². The van der Waals surface area contributed by atoms with Gasteiger partial charge in [0.1, 0.15) is 0 Å². The molecule has 0 spiro atoms. The van der Waals surface area contributed by atoms with E-state index in [0.717, 1.165) is 0 Å². The first-order valence-electron chi connectivity index (χ1n) is 7.01. The molecule has 0 aromatic heterocycles. The van der Waals surface area contributed by atoms with Crippen LogP contribution in [0.3, 0.4) is 0 Å². The van der Waals surface area contributed by atoms with Crippen molar-refractivity contribution in [1.82, 2.24) is 0 Å². The molecule has 0 amide bonds. The van der Waals surface area contributed by atoms with Gasteiger partial charge < -0.3 is 9.84 Å². The molecule has 4 nitrogen and oxygen atoms in total. The van der Waals surface area contributed by atoms with Crippen LogP contribution in [0, 0.1) is 5.92 Å². The molecule has 0 aliphatic heterocycles. The van der Waals surface area contributed by atoms with Crippen LogP contribution in [0.4, 0.5) is 0 Å². The van der Waals surface area contributed by atoms with Gasteiger partial charge in [0.2, 0.25) is 0 Å². The Labute approximate surface area is 130 Å². The van der Waals surface area contributed by atoms with Crippen LogP contribution in [0.25, 0.3) is 0 Å². The smallest absolute Gasteiger partial charge is 0.328 e. The van der Waals surface area contributed by atoms with Crippen molar-refractivity contribution in [2.75, 3.05) is 6.61 Å². The first-order chi connectivity index (χ1) is 9.84. The number of carboxylic acids is 1. The predicted octanol–water partition coefficient (Wildman–Crippen LogP) is 3.66. The summed E-state index contributed by atoms with van der Waals surface area (Å²) in [4.78, 5) is 24.3. The summed E-state index contributed by atoms with van der Waals surface area (Å²) in [5.41, 5.74) is -1.34. The van der Waals surface area contributed by atoms with Gasteiger partial charge in [0.25, 0.3) is 0 Å². The summed E-state index contributed by atoms with van der Waals surface area (Å²) in [6, 6.07) is 6.42. The molecule has 0 saturated heterocycles. The van der Waals surface area contributed by atoms with E-state index in [0.29, 0.717) is 17.0 Å². The Kier molecular flexibility index (Phi) is 6.21. The maximum Gasteiger partial charge on any atom is 0.328 e. The zero-order valence-corrected chi connectivity index (χ0v) is 13.3. The van der Waals surface area contributed by atoms with E-state index in [4.69, 9.17) is 16.3 Å². The molecule has 1 atom stereocenters. The van der Waals surface area contributed by atoms with E-state index >= 15 is 0 Å². The third kappa shape index (κ3) is 3.97. The Morgan fingerprint density at radius 3 is 2.52 bits per heavy atom. The van der Waals surface area contributed by atoms with E-state index in [1.807, 2.05) is 13.8 Å². The van der Waals surface area contributed by atoms with Crippen LogP contribution in [0.1, 0.15) is 39.2 Å². The monoisotopic (exact) mass is 312 g/mol. The highest BCUT2D eigenvalue weighted by Gasteiger charge is 2.49. The minimum absolute atomic E-state index is 0.135. The van der Waals surface area contributed by atoms with Crippen LogP contribution in [0.15, 0.2) is 24.3 Å². The van der Waals surface area contributed by atoms with Crippen molar-refractivity contribution >= 4 is 23.5 Å². The maximum absolute atomic E-state index is 12.4. The second-order valence-corrected chi connectivity index (χ2v) is 5.81. The molecule has 0 fully saturated rings. The van der Waals surface area contributed by atoms with Crippen molar-refractivity contribution in [2.24, 2.45) is 5.92 Å². The molecule has 5 heteroatoms. The highest BCUT2D eigenvalue weighted by molar-refractivity contribution is 6.30. The SMILES string of the molecule is CCOC(=O)C(CCC(C)C)(C(=O)O)c1cccc(Cl)c1. The number of benzene rings is 1. The lowest BCUT2D eigenvalue weighted by atomic mass is 9.75. The topological polar surface area (TPSA) is 63.6 Å². The third-order valence-corrected chi connectivity index (χ3v) is 3.64. The van der Waals surface area contributed by atoms with E-state index in [2.05, 4.69) is 0 Å². The molecule has 0 aliphatic rings. The van der Waals surface area contributed by atoms with Crippen LogP contribution in [-0.4, -0.2) is 23.7 Å². The van der Waals surface area contributed by atoms with Crippen molar-refractivity contribution < 1.29 is 19.4 Å². The van der Waals surface area contributed by atoms with Gasteiger partial charge in [-0.05, 0) is 43.4 Å². The molecule has 1 rings (SSSR count). The molecule has 21 heavy (non-hydrogen) atoms. The summed E-state index contributed by atoms with van der Waals surface area (Å²) in [5.74, 6) is -1.67. The van der Waals surface area contributed by atoms with E-state index in [1.165, 1.54) is 6.07 Å². The summed E-state index contributed by atoms with van der Waals surface area (Å²) in [5, 5.41) is 10.1. The van der Waals surface area contributed by atoms with Crippen molar-refractivity contribution in [3.05, 3.63) is 34.9 Å². The van der Waals surface area contributed by atoms with Gasteiger partial charge in [0.15, 0.2) is 5.41 Å². The zero-order chi connectivity index (χ0) is 16.0. The summed E-state index contributed by atoms with van der Waals surface area (Å²) in [6.45, 7) is 5.76. The van der Waals surface area contributed by atoms with E-state index in [9.17, 15) is 14.7 Å². The van der Waals surface area contributed by atoms with Crippen molar-refractivity contribution in [3.8, 4) is 0 Å². The second-order valence-electron chi connectivity index (χ2n) is 5.37. The lowest BCUT2D eigenvalue weighted by Gasteiger charge is -2.28. The fourth-order valence-corrected chi connectivity index (χ4v) is 2.39. The van der Waals surface area contributed by atoms with Gasteiger partial charge in [-0.3, -0.25) is 9.59 Å². The fraction of sp³-hybridized carbons (Fsp3) is 0.500. The number of aliphatic carboxylic acids is 1.